The van der Waals surface area contributed by atoms with Crippen LogP contribution >= 0.6 is 12.2 Å². The second-order valence-electron chi connectivity index (χ2n) is 6.58. The number of aromatic nitrogens is 4. The zero-order chi connectivity index (χ0) is 19.7. The SMILES string of the molecule is CCc1n[nH]c(=S)n1/N=C\c1c(C)n(Cc2ccc(F)cc2)c2ccccc12. The summed E-state index contributed by atoms with van der Waals surface area (Å²) in [6, 6.07) is 14.8. The Bertz CT molecular complexity index is 1210. The monoisotopic (exact) mass is 393 g/mol. The van der Waals surface area contributed by atoms with Gasteiger partial charge in [0, 0.05) is 35.1 Å². The predicted octanol–water partition coefficient (Wildman–Crippen LogP) is 4.84. The summed E-state index contributed by atoms with van der Waals surface area (Å²) >= 11 is 5.28. The summed E-state index contributed by atoms with van der Waals surface area (Å²) in [6.07, 6.45) is 2.57. The number of fused-ring (bicyclic) bond motifs is 1. The second kappa shape index (κ2) is 7.52. The lowest BCUT2D eigenvalue weighted by Gasteiger charge is -2.08. The molecular formula is C21H20FN5S. The maximum Gasteiger partial charge on any atom is 0.216 e. The summed E-state index contributed by atoms with van der Waals surface area (Å²) in [6.45, 7) is 4.74. The van der Waals surface area contributed by atoms with Gasteiger partial charge < -0.3 is 4.57 Å². The quantitative estimate of drug-likeness (QED) is 0.390. The van der Waals surface area contributed by atoms with E-state index in [-0.39, 0.29) is 5.82 Å². The van der Waals surface area contributed by atoms with Crippen LogP contribution in [0.15, 0.2) is 53.6 Å². The molecule has 2 aromatic carbocycles. The number of benzene rings is 2. The summed E-state index contributed by atoms with van der Waals surface area (Å²) in [5.74, 6) is 0.559. The molecule has 5 nitrogen and oxygen atoms in total. The largest absolute Gasteiger partial charge is 0.340 e. The molecule has 28 heavy (non-hydrogen) atoms. The third-order valence-corrected chi connectivity index (χ3v) is 5.13. The number of nitrogens with one attached hydrogen (secondary N) is 1. The zero-order valence-corrected chi connectivity index (χ0v) is 16.5. The van der Waals surface area contributed by atoms with Crippen LogP contribution in [0, 0.1) is 17.5 Å². The number of H-pyrrole nitrogens is 1. The van der Waals surface area contributed by atoms with Crippen LogP contribution in [0.1, 0.15) is 29.6 Å². The van der Waals surface area contributed by atoms with Gasteiger partial charge in [0.15, 0.2) is 5.82 Å². The molecule has 0 saturated heterocycles. The fourth-order valence-corrected chi connectivity index (χ4v) is 3.58. The molecule has 1 N–H and O–H groups in total. The molecule has 0 aliphatic carbocycles. The van der Waals surface area contributed by atoms with E-state index in [9.17, 15) is 4.39 Å². The number of aryl methyl sites for hydroxylation is 1. The van der Waals surface area contributed by atoms with Gasteiger partial charge in [0.2, 0.25) is 4.77 Å². The molecule has 4 aromatic rings. The Labute approximate surface area is 167 Å². The molecule has 0 amide bonds. The van der Waals surface area contributed by atoms with E-state index in [0.717, 1.165) is 40.0 Å². The van der Waals surface area contributed by atoms with Crippen molar-refractivity contribution in [3.8, 4) is 0 Å². The van der Waals surface area contributed by atoms with Crippen LogP contribution < -0.4 is 0 Å². The molecule has 142 valence electrons. The van der Waals surface area contributed by atoms with Crippen LogP contribution in [0.4, 0.5) is 4.39 Å². The predicted molar refractivity (Wildman–Crippen MR) is 112 cm³/mol. The van der Waals surface area contributed by atoms with E-state index >= 15 is 0 Å². The average Bonchev–Trinajstić information content (AvgIpc) is 3.19. The summed E-state index contributed by atoms with van der Waals surface area (Å²) < 4.78 is 17.6. The lowest BCUT2D eigenvalue weighted by molar-refractivity contribution is 0.626. The first-order valence-corrected chi connectivity index (χ1v) is 9.52. The molecule has 0 unspecified atom stereocenters. The Kier molecular flexibility index (Phi) is 4.92. The van der Waals surface area contributed by atoms with E-state index < -0.39 is 0 Å². The van der Waals surface area contributed by atoms with Gasteiger partial charge in [0.05, 0.1) is 6.21 Å². The molecule has 7 heteroatoms. The Morgan fingerprint density at radius 2 is 1.93 bits per heavy atom. The lowest BCUT2D eigenvalue weighted by Crippen LogP contribution is -2.03. The first-order chi connectivity index (χ1) is 13.6. The smallest absolute Gasteiger partial charge is 0.216 e. The lowest BCUT2D eigenvalue weighted by atomic mass is 10.1. The molecule has 0 fully saturated rings. The van der Waals surface area contributed by atoms with Crippen molar-refractivity contribution in [2.45, 2.75) is 26.8 Å². The fourth-order valence-electron chi connectivity index (χ4n) is 3.38. The summed E-state index contributed by atoms with van der Waals surface area (Å²) in [4.78, 5) is 0. The Hall–Kier alpha value is -3.06. The fraction of sp³-hybridized carbons (Fsp3) is 0.190. The molecule has 0 aliphatic rings. The van der Waals surface area contributed by atoms with Gasteiger partial charge in [0.1, 0.15) is 5.82 Å². The molecule has 0 bridgehead atoms. The van der Waals surface area contributed by atoms with Crippen molar-refractivity contribution >= 4 is 29.3 Å². The van der Waals surface area contributed by atoms with Crippen LogP contribution in [0.3, 0.4) is 0 Å². The van der Waals surface area contributed by atoms with Gasteiger partial charge in [-0.05, 0) is 42.9 Å². The highest BCUT2D eigenvalue weighted by Gasteiger charge is 2.13. The Morgan fingerprint density at radius 1 is 1.18 bits per heavy atom. The maximum absolute atomic E-state index is 13.2. The van der Waals surface area contributed by atoms with Crippen LogP contribution in [0.5, 0.6) is 0 Å². The highest BCUT2D eigenvalue weighted by Crippen LogP contribution is 2.25. The van der Waals surface area contributed by atoms with E-state index in [1.807, 2.05) is 37.4 Å². The van der Waals surface area contributed by atoms with Crippen molar-refractivity contribution in [2.24, 2.45) is 5.10 Å². The van der Waals surface area contributed by atoms with Crippen LogP contribution in [0.25, 0.3) is 10.9 Å². The second-order valence-corrected chi connectivity index (χ2v) is 6.97. The third-order valence-electron chi connectivity index (χ3n) is 4.87. The van der Waals surface area contributed by atoms with Crippen LogP contribution in [-0.2, 0) is 13.0 Å². The molecule has 0 spiro atoms. The van der Waals surface area contributed by atoms with Gasteiger partial charge >= 0.3 is 0 Å². The first-order valence-electron chi connectivity index (χ1n) is 9.11. The third kappa shape index (κ3) is 3.29. The number of hydrogen-bond acceptors (Lipinski definition) is 3. The average molecular weight is 393 g/mol. The topological polar surface area (TPSA) is 50.9 Å². The van der Waals surface area contributed by atoms with Crippen LogP contribution in [-0.4, -0.2) is 25.7 Å². The van der Waals surface area contributed by atoms with E-state index in [4.69, 9.17) is 12.2 Å². The van der Waals surface area contributed by atoms with Gasteiger partial charge in [-0.3, -0.25) is 5.10 Å². The number of nitrogens with zero attached hydrogens (tertiary/aromatic N) is 4. The molecule has 0 aliphatic heterocycles. The van der Waals surface area contributed by atoms with Gasteiger partial charge in [-0.15, -0.1) is 0 Å². The minimum atomic E-state index is -0.228. The number of para-hydroxylation sites is 1. The molecule has 4 rings (SSSR count). The molecule has 0 radical (unpaired) electrons. The van der Waals surface area contributed by atoms with Gasteiger partial charge in [-0.2, -0.15) is 14.9 Å². The van der Waals surface area contributed by atoms with Crippen molar-refractivity contribution < 1.29 is 4.39 Å². The van der Waals surface area contributed by atoms with Crippen molar-refractivity contribution in [3.05, 3.63) is 81.8 Å². The molecule has 2 heterocycles. The maximum atomic E-state index is 13.2. The summed E-state index contributed by atoms with van der Waals surface area (Å²) in [5, 5.41) is 12.7. The normalized spacial score (nSPS) is 11.7. The van der Waals surface area contributed by atoms with E-state index in [1.54, 1.807) is 4.68 Å². The highest BCUT2D eigenvalue weighted by atomic mass is 32.1. The van der Waals surface area contributed by atoms with Gasteiger partial charge in [0.25, 0.3) is 0 Å². The van der Waals surface area contributed by atoms with Gasteiger partial charge in [-0.1, -0.05) is 37.3 Å². The standard InChI is InChI=1S/C21H20FN5S/c1-3-20-24-25-21(28)27(20)23-12-18-14(2)26(19-7-5-4-6-17(18)19)13-15-8-10-16(22)11-9-15/h4-12H,3,13H2,1-2H3,(H,25,28)/b23-12-. The minimum absolute atomic E-state index is 0.228. The summed E-state index contributed by atoms with van der Waals surface area (Å²) in [7, 11) is 0. The molecule has 2 aromatic heterocycles. The summed E-state index contributed by atoms with van der Waals surface area (Å²) in [5.41, 5.74) is 4.27. The molecular weight excluding hydrogens is 373 g/mol. The Balaban J connectivity index is 1.80. The number of hydrogen-bond donors (Lipinski definition) is 1. The first kappa shape index (κ1) is 18.3. The number of halogens is 1. The van der Waals surface area contributed by atoms with Crippen molar-refractivity contribution in [2.75, 3.05) is 0 Å². The Morgan fingerprint density at radius 3 is 2.68 bits per heavy atom. The molecule has 0 saturated carbocycles. The van der Waals surface area contributed by atoms with E-state index in [0.29, 0.717) is 11.3 Å². The minimum Gasteiger partial charge on any atom is -0.340 e. The number of aromatic amines is 1. The van der Waals surface area contributed by atoms with E-state index in [2.05, 4.69) is 38.9 Å². The zero-order valence-electron chi connectivity index (χ0n) is 15.7. The van der Waals surface area contributed by atoms with Crippen molar-refractivity contribution in [1.29, 1.82) is 0 Å². The number of rotatable bonds is 5. The highest BCUT2D eigenvalue weighted by molar-refractivity contribution is 7.71. The van der Waals surface area contributed by atoms with Crippen molar-refractivity contribution in [1.82, 2.24) is 19.4 Å². The van der Waals surface area contributed by atoms with E-state index in [1.165, 1.54) is 12.1 Å². The van der Waals surface area contributed by atoms with Crippen LogP contribution in [0.2, 0.25) is 0 Å². The van der Waals surface area contributed by atoms with Gasteiger partial charge in [-0.25, -0.2) is 4.39 Å². The van der Waals surface area contributed by atoms with Crippen molar-refractivity contribution in [3.63, 3.8) is 0 Å². The molecule has 0 atom stereocenters.